The van der Waals surface area contributed by atoms with Crippen molar-refractivity contribution in [2.45, 2.75) is 14.7 Å². The van der Waals surface area contributed by atoms with Gasteiger partial charge in [0.25, 0.3) is 30.4 Å². The molecule has 0 radical (unpaired) electrons. The van der Waals surface area contributed by atoms with Crippen molar-refractivity contribution in [3.8, 4) is 0 Å². The molecule has 3 aromatic rings. The molecule has 0 saturated carbocycles. The highest BCUT2D eigenvalue weighted by molar-refractivity contribution is 7.86. The minimum Gasteiger partial charge on any atom is -0.329 e. The summed E-state index contributed by atoms with van der Waals surface area (Å²) in [4.78, 5) is -0.222. The summed E-state index contributed by atoms with van der Waals surface area (Å²) in [6, 6.07) is 22.3. The summed E-state index contributed by atoms with van der Waals surface area (Å²) in [6.07, 6.45) is 0. The summed E-state index contributed by atoms with van der Waals surface area (Å²) in [5, 5.41) is 3.03. The molecule has 3 rings (SSSR count). The Morgan fingerprint density at radius 2 is 0.703 bits per heavy atom. The standard InChI is InChI=1S/3C6H6O3S.C4H13N3/c3*7-10(8,9)6-4-2-1-3-5-6;5-1-3-7-4-2-6/h3*1-5H,(H,7,8,9);7H,1-6H2. The van der Waals surface area contributed by atoms with E-state index in [1.165, 1.54) is 36.4 Å². The second kappa shape index (κ2) is 17.7. The molecule has 0 unspecified atom stereocenters. The Morgan fingerprint density at radius 1 is 0.486 bits per heavy atom. The molecule has 37 heavy (non-hydrogen) atoms. The van der Waals surface area contributed by atoms with Gasteiger partial charge in [0, 0.05) is 26.2 Å². The zero-order valence-electron chi connectivity index (χ0n) is 19.7. The second-order valence-corrected chi connectivity index (χ2v) is 11.0. The lowest BCUT2D eigenvalue weighted by molar-refractivity contribution is 0.481. The summed E-state index contributed by atoms with van der Waals surface area (Å²) >= 11 is 0. The van der Waals surface area contributed by atoms with E-state index in [9.17, 15) is 25.3 Å². The molecule has 15 heteroatoms. The molecule has 0 aromatic heterocycles. The number of nitrogens with one attached hydrogen (secondary N) is 1. The molecule has 0 fully saturated rings. The van der Waals surface area contributed by atoms with Gasteiger partial charge in [-0.05, 0) is 36.4 Å². The van der Waals surface area contributed by atoms with Crippen molar-refractivity contribution in [1.29, 1.82) is 0 Å². The molecule has 0 heterocycles. The van der Waals surface area contributed by atoms with Gasteiger partial charge in [-0.15, -0.1) is 0 Å². The fourth-order valence-electron chi connectivity index (χ4n) is 2.11. The minimum atomic E-state index is -4.00. The maximum absolute atomic E-state index is 10.4. The van der Waals surface area contributed by atoms with E-state index >= 15 is 0 Å². The Morgan fingerprint density at radius 3 is 0.838 bits per heavy atom. The first-order chi connectivity index (χ1) is 17.2. The fourth-order valence-corrected chi connectivity index (χ4v) is 3.61. The number of hydrogen-bond donors (Lipinski definition) is 6. The minimum absolute atomic E-state index is 0.0741. The Labute approximate surface area is 217 Å². The van der Waals surface area contributed by atoms with Crippen molar-refractivity contribution >= 4 is 30.4 Å². The van der Waals surface area contributed by atoms with E-state index in [4.69, 9.17) is 25.1 Å². The second-order valence-electron chi connectivity index (χ2n) is 6.69. The van der Waals surface area contributed by atoms with Gasteiger partial charge in [-0.2, -0.15) is 25.3 Å². The van der Waals surface area contributed by atoms with Crippen LogP contribution in [0.5, 0.6) is 0 Å². The number of rotatable bonds is 7. The van der Waals surface area contributed by atoms with Crippen LogP contribution in [0.2, 0.25) is 0 Å². The van der Waals surface area contributed by atoms with Gasteiger partial charge in [0.05, 0.1) is 14.7 Å². The normalized spacial score (nSPS) is 10.9. The molecule has 8 N–H and O–H groups in total. The molecule has 0 bridgehead atoms. The number of hydrogen-bond acceptors (Lipinski definition) is 9. The van der Waals surface area contributed by atoms with E-state index in [2.05, 4.69) is 5.32 Å². The third-order valence-electron chi connectivity index (χ3n) is 3.77. The quantitative estimate of drug-likeness (QED) is 0.172. The molecule has 0 amide bonds. The van der Waals surface area contributed by atoms with E-state index in [-0.39, 0.29) is 14.7 Å². The van der Waals surface area contributed by atoms with Crippen LogP contribution in [0.1, 0.15) is 0 Å². The van der Waals surface area contributed by atoms with Crippen LogP contribution >= 0.6 is 0 Å². The van der Waals surface area contributed by atoms with E-state index in [1.807, 2.05) is 0 Å². The largest absolute Gasteiger partial charge is 0.329 e. The SMILES string of the molecule is NCCNCCN.O=S(=O)(O)c1ccccc1.O=S(=O)(O)c1ccccc1.O=S(=O)(O)c1ccccc1. The first-order valence-corrected chi connectivity index (χ1v) is 14.7. The molecular formula is C22H31N3O9S3. The average molecular weight is 578 g/mol. The molecule has 3 aromatic carbocycles. The van der Waals surface area contributed by atoms with Crippen molar-refractivity contribution < 1.29 is 38.9 Å². The fraction of sp³-hybridized carbons (Fsp3) is 0.182. The molecule has 0 atom stereocenters. The third-order valence-corrected chi connectivity index (χ3v) is 6.37. The zero-order chi connectivity index (χ0) is 28.4. The lowest BCUT2D eigenvalue weighted by Gasteiger charge is -1.95. The molecule has 0 aliphatic rings. The molecule has 0 aliphatic heterocycles. The van der Waals surface area contributed by atoms with Crippen molar-refractivity contribution in [2.24, 2.45) is 11.5 Å². The van der Waals surface area contributed by atoms with E-state index in [0.29, 0.717) is 13.1 Å². The molecule has 0 spiro atoms. The van der Waals surface area contributed by atoms with Crippen LogP contribution in [0, 0.1) is 0 Å². The van der Waals surface area contributed by atoms with Crippen molar-refractivity contribution in [2.75, 3.05) is 26.2 Å². The lowest BCUT2D eigenvalue weighted by Crippen LogP contribution is -2.27. The first-order valence-electron chi connectivity index (χ1n) is 10.4. The zero-order valence-corrected chi connectivity index (χ0v) is 22.1. The average Bonchev–Trinajstić information content (AvgIpc) is 2.86. The van der Waals surface area contributed by atoms with Gasteiger partial charge >= 0.3 is 0 Å². The van der Waals surface area contributed by atoms with Gasteiger partial charge in [-0.25, -0.2) is 0 Å². The molecule has 0 aliphatic carbocycles. The van der Waals surface area contributed by atoms with Gasteiger partial charge in [0.1, 0.15) is 0 Å². The van der Waals surface area contributed by atoms with Crippen molar-refractivity contribution in [3.05, 3.63) is 91.0 Å². The Bertz CT molecular complexity index is 1160. The van der Waals surface area contributed by atoms with E-state index in [1.54, 1.807) is 54.6 Å². The highest BCUT2D eigenvalue weighted by atomic mass is 32.2. The lowest BCUT2D eigenvalue weighted by atomic mass is 10.4. The predicted molar refractivity (Wildman–Crippen MR) is 140 cm³/mol. The number of benzene rings is 3. The molecular weight excluding hydrogens is 546 g/mol. The Hall–Kier alpha value is -2.73. The maximum atomic E-state index is 10.4. The van der Waals surface area contributed by atoms with Crippen LogP contribution in [0.4, 0.5) is 0 Å². The van der Waals surface area contributed by atoms with Crippen molar-refractivity contribution in [1.82, 2.24) is 5.32 Å². The molecule has 0 saturated heterocycles. The summed E-state index contributed by atoms with van der Waals surface area (Å²) in [6.45, 7) is 3.13. The third kappa shape index (κ3) is 17.4. The van der Waals surface area contributed by atoms with Crippen LogP contribution < -0.4 is 16.8 Å². The van der Waals surface area contributed by atoms with E-state index < -0.39 is 30.4 Å². The highest BCUT2D eigenvalue weighted by Gasteiger charge is 2.07. The summed E-state index contributed by atoms with van der Waals surface area (Å²) in [5.41, 5.74) is 10.3. The van der Waals surface area contributed by atoms with Crippen LogP contribution in [0.3, 0.4) is 0 Å². The van der Waals surface area contributed by atoms with Crippen molar-refractivity contribution in [3.63, 3.8) is 0 Å². The molecule has 206 valence electrons. The summed E-state index contributed by atoms with van der Waals surface area (Å²) in [5.74, 6) is 0. The van der Waals surface area contributed by atoms with Crippen LogP contribution in [-0.2, 0) is 30.4 Å². The van der Waals surface area contributed by atoms with Crippen LogP contribution in [0.25, 0.3) is 0 Å². The summed E-state index contributed by atoms with van der Waals surface area (Å²) in [7, 11) is -12.0. The number of nitrogens with two attached hydrogens (primary N) is 2. The maximum Gasteiger partial charge on any atom is 0.294 e. The predicted octanol–water partition coefficient (Wildman–Crippen LogP) is 1.29. The topological polar surface area (TPSA) is 227 Å². The van der Waals surface area contributed by atoms with Gasteiger partial charge in [0.2, 0.25) is 0 Å². The smallest absolute Gasteiger partial charge is 0.294 e. The van der Waals surface area contributed by atoms with E-state index in [0.717, 1.165) is 13.1 Å². The van der Waals surface area contributed by atoms with Crippen LogP contribution in [-0.4, -0.2) is 65.1 Å². The highest BCUT2D eigenvalue weighted by Crippen LogP contribution is 2.06. The first kappa shape index (κ1) is 34.3. The van der Waals surface area contributed by atoms with Gasteiger partial charge in [-0.3, -0.25) is 13.7 Å². The molecule has 12 nitrogen and oxygen atoms in total. The van der Waals surface area contributed by atoms with Gasteiger partial charge in [0.15, 0.2) is 0 Å². The van der Waals surface area contributed by atoms with Gasteiger partial charge < -0.3 is 16.8 Å². The monoisotopic (exact) mass is 577 g/mol. The van der Waals surface area contributed by atoms with Crippen LogP contribution in [0.15, 0.2) is 106 Å². The van der Waals surface area contributed by atoms with Gasteiger partial charge in [-0.1, -0.05) is 54.6 Å². The Kier molecular flexibility index (Phi) is 16.4. The summed E-state index contributed by atoms with van der Waals surface area (Å²) < 4.78 is 87.7. The Balaban J connectivity index is 0.000000472.